The summed E-state index contributed by atoms with van der Waals surface area (Å²) >= 11 is 0. The van der Waals surface area contributed by atoms with Crippen LogP contribution >= 0.6 is 0 Å². The third-order valence-corrected chi connectivity index (χ3v) is 13.1. The summed E-state index contributed by atoms with van der Waals surface area (Å²) in [6.45, 7) is 9.08. The molecule has 3 fully saturated rings. The molecule has 15 nitrogen and oxygen atoms in total. The number of fused-ring (bicyclic) bond motifs is 3. The molecule has 2 aliphatic carbocycles. The van der Waals surface area contributed by atoms with Crippen molar-refractivity contribution in [3.8, 4) is 0 Å². The molecule has 2 saturated carbocycles. The zero-order valence-corrected chi connectivity index (χ0v) is 36.4. The van der Waals surface area contributed by atoms with Gasteiger partial charge in [-0.3, -0.25) is 19.2 Å². The molecule has 1 saturated heterocycles. The van der Waals surface area contributed by atoms with Crippen LogP contribution in [0.2, 0.25) is 0 Å². The number of ether oxygens (including phenoxy) is 5. The van der Waals surface area contributed by atoms with Crippen molar-refractivity contribution in [1.82, 2.24) is 5.32 Å². The minimum Gasteiger partial charge on any atom is -0.464 e. The highest BCUT2D eigenvalue weighted by atomic mass is 16.6. The zero-order valence-electron chi connectivity index (χ0n) is 36.4. The highest BCUT2D eigenvalue weighted by Gasteiger charge is 2.77. The molecule has 1 heterocycles. The van der Waals surface area contributed by atoms with Crippen molar-refractivity contribution in [2.45, 2.75) is 109 Å². The second-order valence-electron chi connectivity index (χ2n) is 17.5. The van der Waals surface area contributed by atoms with Crippen molar-refractivity contribution in [3.63, 3.8) is 0 Å². The first-order chi connectivity index (χ1) is 29.7. The van der Waals surface area contributed by atoms with Crippen LogP contribution in [0.15, 0.2) is 102 Å². The molecule has 0 spiro atoms. The number of carbonyl (C=O) groups excluding carboxylic acids is 6. The molecule has 3 aromatic rings. The van der Waals surface area contributed by atoms with Crippen LogP contribution in [0.3, 0.4) is 0 Å². The van der Waals surface area contributed by atoms with Crippen LogP contribution in [0.25, 0.3) is 0 Å². The van der Waals surface area contributed by atoms with Gasteiger partial charge in [-0.05, 0) is 56.2 Å². The van der Waals surface area contributed by atoms with Crippen molar-refractivity contribution in [3.05, 3.63) is 119 Å². The van der Waals surface area contributed by atoms with Crippen LogP contribution in [-0.2, 0) is 42.9 Å². The van der Waals surface area contributed by atoms with Gasteiger partial charge in [0.25, 0.3) is 5.91 Å². The molecule has 10 atom stereocenters. The molecule has 15 heteroatoms. The predicted octanol–water partition coefficient (Wildman–Crippen LogP) is 4.37. The smallest absolute Gasteiger partial charge is 0.338 e. The van der Waals surface area contributed by atoms with Crippen molar-refractivity contribution in [1.29, 1.82) is 0 Å². The zero-order chi connectivity index (χ0) is 46.1. The number of aliphatic hydroxyl groups excluding tert-OH is 2. The molecule has 0 bridgehead atoms. The summed E-state index contributed by atoms with van der Waals surface area (Å²) in [6, 6.07) is 23.0. The van der Waals surface area contributed by atoms with Crippen molar-refractivity contribution in [2.75, 3.05) is 13.2 Å². The number of nitrogens with one attached hydrogen (secondary N) is 1. The van der Waals surface area contributed by atoms with E-state index in [1.54, 1.807) is 107 Å². The molecule has 1 amide bonds. The predicted molar refractivity (Wildman–Crippen MR) is 224 cm³/mol. The number of rotatable bonds is 12. The van der Waals surface area contributed by atoms with Gasteiger partial charge in [-0.25, -0.2) is 9.59 Å². The monoisotopic (exact) mass is 869 g/mol. The Morgan fingerprint density at radius 3 is 1.92 bits per heavy atom. The van der Waals surface area contributed by atoms with Crippen molar-refractivity contribution >= 4 is 35.6 Å². The Kier molecular flexibility index (Phi) is 13.5. The number of amides is 1. The molecule has 3 aliphatic rings. The number of benzene rings is 3. The molecule has 336 valence electrons. The number of carbonyl (C=O) groups is 6. The molecule has 4 N–H and O–H groups in total. The first-order valence-corrected chi connectivity index (χ1v) is 20.8. The van der Waals surface area contributed by atoms with Crippen LogP contribution in [0.5, 0.6) is 0 Å². The molecule has 0 aromatic heterocycles. The van der Waals surface area contributed by atoms with E-state index >= 15 is 4.79 Å². The highest BCUT2D eigenvalue weighted by Crippen LogP contribution is 2.63. The summed E-state index contributed by atoms with van der Waals surface area (Å²) < 4.78 is 29.9. The fraction of sp³-hybridized carbons (Fsp3) is 0.458. The van der Waals surface area contributed by atoms with E-state index in [4.69, 9.17) is 23.7 Å². The quantitative estimate of drug-likeness (QED) is 0.113. The molecule has 3 aromatic carbocycles. The van der Waals surface area contributed by atoms with Gasteiger partial charge in [0.05, 0.1) is 42.3 Å². The minimum absolute atomic E-state index is 0.0614. The first-order valence-electron chi connectivity index (χ1n) is 20.8. The molecule has 0 unspecified atom stereocenters. The molecule has 63 heavy (non-hydrogen) atoms. The molecule has 6 rings (SSSR count). The van der Waals surface area contributed by atoms with E-state index in [1.165, 1.54) is 19.1 Å². The van der Waals surface area contributed by atoms with E-state index in [9.17, 15) is 39.3 Å². The van der Waals surface area contributed by atoms with Crippen molar-refractivity contribution in [2.24, 2.45) is 16.7 Å². The van der Waals surface area contributed by atoms with E-state index in [0.29, 0.717) is 11.1 Å². The third-order valence-electron chi connectivity index (χ3n) is 13.1. The SMILES string of the molecule is CC(=O)O[C@H]1C(=O)[C@@]2(C)[C@H]([C@H](OC(=O)c3ccccc3)[C@](O)(CCOC(=O)[C@H](O)[C@@H](NC(=O)c3ccccc3)c3ccccc3)C(C)(C)C1=C(C)C)[C@]1(OC(C)=O)CO[C@@H]1C[C@@H]2O. The first kappa shape index (κ1) is 46.8. The average molecular weight is 870 g/mol. The minimum atomic E-state index is -2.44. The van der Waals surface area contributed by atoms with E-state index in [0.717, 1.165) is 13.8 Å². The Balaban J connectivity index is 1.48. The number of hydrogen-bond acceptors (Lipinski definition) is 14. The summed E-state index contributed by atoms with van der Waals surface area (Å²) in [5.41, 5.74) is -6.75. The number of hydrogen-bond donors (Lipinski definition) is 4. The molecular weight excluding hydrogens is 815 g/mol. The van der Waals surface area contributed by atoms with Gasteiger partial charge in [-0.2, -0.15) is 0 Å². The summed E-state index contributed by atoms with van der Waals surface area (Å²) in [7, 11) is 0. The Morgan fingerprint density at radius 2 is 1.40 bits per heavy atom. The maximum Gasteiger partial charge on any atom is 0.338 e. The van der Waals surface area contributed by atoms with Gasteiger partial charge in [-0.15, -0.1) is 0 Å². The fourth-order valence-electron chi connectivity index (χ4n) is 9.90. The van der Waals surface area contributed by atoms with E-state index in [-0.39, 0.29) is 29.7 Å². The Morgan fingerprint density at radius 1 is 0.825 bits per heavy atom. The van der Waals surface area contributed by atoms with Crippen molar-refractivity contribution < 1.29 is 67.8 Å². The summed E-state index contributed by atoms with van der Waals surface area (Å²) in [6.07, 6.45) is -8.94. The Hall–Kier alpha value is -5.74. The van der Waals surface area contributed by atoms with Gasteiger partial charge in [0.15, 0.2) is 23.6 Å². The van der Waals surface area contributed by atoms with E-state index in [1.807, 2.05) is 0 Å². The Labute approximate surface area is 365 Å². The lowest BCUT2D eigenvalue weighted by Gasteiger charge is -2.66. The lowest BCUT2D eigenvalue weighted by Crippen LogP contribution is -2.81. The second kappa shape index (κ2) is 18.2. The summed E-state index contributed by atoms with van der Waals surface area (Å²) in [5.74, 6) is -6.70. The van der Waals surface area contributed by atoms with Gasteiger partial charge in [0, 0.05) is 37.7 Å². The highest BCUT2D eigenvalue weighted by molar-refractivity contribution is 5.96. The average Bonchev–Trinajstić information content (AvgIpc) is 3.24. The second-order valence-corrected chi connectivity index (χ2v) is 17.5. The maximum absolute atomic E-state index is 15.3. The molecule has 0 radical (unpaired) electrons. The van der Waals surface area contributed by atoms with Gasteiger partial charge in [0.1, 0.15) is 17.8 Å². The topological polar surface area (TPSA) is 221 Å². The number of esters is 4. The van der Waals surface area contributed by atoms with Crippen LogP contribution in [0.4, 0.5) is 0 Å². The van der Waals surface area contributed by atoms with Gasteiger partial charge < -0.3 is 44.3 Å². The number of ketones is 1. The number of Topliss-reactive ketones (excluding diaryl/α,β-unsaturated/α-hetero) is 1. The lowest BCUT2D eigenvalue weighted by atomic mass is 9.46. The Bertz CT molecular complexity index is 2240. The van der Waals surface area contributed by atoms with Gasteiger partial charge in [-0.1, -0.05) is 86.2 Å². The largest absolute Gasteiger partial charge is 0.464 e. The van der Waals surface area contributed by atoms with Gasteiger partial charge >= 0.3 is 23.9 Å². The van der Waals surface area contributed by atoms with Crippen LogP contribution in [-0.4, -0.2) is 106 Å². The van der Waals surface area contributed by atoms with Crippen LogP contribution in [0, 0.1) is 16.7 Å². The number of aliphatic hydroxyl groups is 3. The fourth-order valence-corrected chi connectivity index (χ4v) is 9.90. The number of allylic oxidation sites excluding steroid dienone is 1. The summed E-state index contributed by atoms with van der Waals surface area (Å²) in [5, 5.41) is 40.2. The van der Waals surface area contributed by atoms with E-state index in [2.05, 4.69) is 5.32 Å². The molecule has 1 aliphatic heterocycles. The van der Waals surface area contributed by atoms with Crippen LogP contribution < -0.4 is 5.32 Å². The lowest BCUT2D eigenvalue weighted by molar-refractivity contribution is -0.344. The standard InChI is InChI=1S/C48H55NO14/c1-27(2)35-38(61-28(3)50)40(54)46(7)33(52)25-34-47(26-60-34,63-29(4)51)39(46)41(62-43(56)32-21-15-10-16-22-32)48(58,45(35,5)6)23-24-59-44(57)37(53)36(30-17-11-8-12-18-30)49-42(55)31-19-13-9-14-20-31/h8-22,33-34,36-39,41,52-53,58H,23-26H2,1-7H3,(H,49,55)/t33-,34+,36-,37+,38+,39-,41-,46+,47-,48+/m0/s1. The van der Waals surface area contributed by atoms with E-state index < -0.39 is 113 Å². The van der Waals surface area contributed by atoms with Crippen LogP contribution in [0.1, 0.15) is 93.6 Å². The normalized spacial score (nSPS) is 29.4. The molecular formula is C48H55NO14. The third kappa shape index (κ3) is 8.54. The summed E-state index contributed by atoms with van der Waals surface area (Å²) in [4.78, 5) is 82.8. The maximum atomic E-state index is 15.3. The van der Waals surface area contributed by atoms with Gasteiger partial charge in [0.2, 0.25) is 0 Å².